The zero-order chi connectivity index (χ0) is 16.2. The van der Waals surface area contributed by atoms with Gasteiger partial charge in [-0.25, -0.2) is 4.98 Å². The minimum absolute atomic E-state index is 0.0434. The van der Waals surface area contributed by atoms with Gasteiger partial charge in [-0.1, -0.05) is 6.07 Å². The minimum atomic E-state index is -0.185. The molecular formula is C16H21N3O3S. The number of thiophene rings is 1. The third kappa shape index (κ3) is 3.99. The summed E-state index contributed by atoms with van der Waals surface area (Å²) in [5, 5.41) is 4.96. The quantitative estimate of drug-likeness (QED) is 0.907. The van der Waals surface area contributed by atoms with Crippen molar-refractivity contribution in [3.05, 3.63) is 29.0 Å². The van der Waals surface area contributed by atoms with Gasteiger partial charge in [0.25, 0.3) is 5.91 Å². The van der Waals surface area contributed by atoms with Crippen LogP contribution in [0.2, 0.25) is 0 Å². The summed E-state index contributed by atoms with van der Waals surface area (Å²) < 4.78 is 11.0. The molecule has 0 saturated carbocycles. The molecule has 23 heavy (non-hydrogen) atoms. The van der Waals surface area contributed by atoms with E-state index in [1.54, 1.807) is 18.3 Å². The Labute approximate surface area is 139 Å². The lowest BCUT2D eigenvalue weighted by molar-refractivity contribution is 0.0342. The predicted molar refractivity (Wildman–Crippen MR) is 88.7 cm³/mol. The van der Waals surface area contributed by atoms with Crippen LogP contribution in [0, 0.1) is 6.92 Å². The highest BCUT2D eigenvalue weighted by Gasteiger charge is 2.21. The standard InChI is InChI=1S/C16H21N3O3S/c1-11(10-19-5-7-21-8-6-19)17-15(20)14-12(2)22-16(18-14)13-4-3-9-23-13/h3-4,9,11H,5-8,10H2,1-2H3,(H,17,20). The van der Waals surface area contributed by atoms with Gasteiger partial charge in [0.1, 0.15) is 5.76 Å². The fourth-order valence-corrected chi connectivity index (χ4v) is 3.27. The van der Waals surface area contributed by atoms with Gasteiger partial charge >= 0.3 is 0 Å². The van der Waals surface area contributed by atoms with Crippen molar-refractivity contribution in [2.75, 3.05) is 32.8 Å². The van der Waals surface area contributed by atoms with Gasteiger partial charge < -0.3 is 14.5 Å². The zero-order valence-electron chi connectivity index (χ0n) is 13.4. The normalized spacial score (nSPS) is 17.1. The molecule has 7 heteroatoms. The molecule has 1 atom stereocenters. The number of carbonyl (C=O) groups is 1. The number of amides is 1. The van der Waals surface area contributed by atoms with Crippen LogP contribution in [0.25, 0.3) is 10.8 Å². The van der Waals surface area contributed by atoms with E-state index in [-0.39, 0.29) is 11.9 Å². The van der Waals surface area contributed by atoms with Crippen molar-refractivity contribution in [1.82, 2.24) is 15.2 Å². The van der Waals surface area contributed by atoms with Crippen LogP contribution in [0.4, 0.5) is 0 Å². The number of hydrogen-bond acceptors (Lipinski definition) is 6. The van der Waals surface area contributed by atoms with Crippen LogP contribution in [0.1, 0.15) is 23.2 Å². The average Bonchev–Trinajstić information content (AvgIpc) is 3.17. The van der Waals surface area contributed by atoms with E-state index >= 15 is 0 Å². The maximum absolute atomic E-state index is 12.4. The van der Waals surface area contributed by atoms with E-state index in [2.05, 4.69) is 15.2 Å². The van der Waals surface area contributed by atoms with Crippen LogP contribution in [0.3, 0.4) is 0 Å². The first-order valence-corrected chi connectivity index (χ1v) is 8.63. The number of morpholine rings is 1. The summed E-state index contributed by atoms with van der Waals surface area (Å²) >= 11 is 1.54. The van der Waals surface area contributed by atoms with E-state index in [4.69, 9.17) is 9.15 Å². The lowest BCUT2D eigenvalue weighted by Gasteiger charge is -2.29. The highest BCUT2D eigenvalue weighted by molar-refractivity contribution is 7.13. The molecule has 1 amide bonds. The van der Waals surface area contributed by atoms with Gasteiger partial charge in [-0.3, -0.25) is 9.69 Å². The molecule has 2 aromatic heterocycles. The molecule has 0 spiro atoms. The van der Waals surface area contributed by atoms with Gasteiger partial charge in [0.15, 0.2) is 5.69 Å². The van der Waals surface area contributed by atoms with Gasteiger partial charge in [-0.05, 0) is 25.3 Å². The zero-order valence-corrected chi connectivity index (χ0v) is 14.2. The van der Waals surface area contributed by atoms with Crippen LogP contribution in [-0.4, -0.2) is 54.7 Å². The fourth-order valence-electron chi connectivity index (χ4n) is 2.62. The SMILES string of the molecule is Cc1oc(-c2cccs2)nc1C(=O)NC(C)CN1CCOCC1. The lowest BCUT2D eigenvalue weighted by atomic mass is 10.2. The minimum Gasteiger partial charge on any atom is -0.440 e. The Morgan fingerprint density at radius 1 is 1.48 bits per heavy atom. The molecule has 1 aliphatic rings. The van der Waals surface area contributed by atoms with E-state index in [9.17, 15) is 4.79 Å². The number of ether oxygens (including phenoxy) is 1. The Balaban J connectivity index is 1.61. The Bertz CT molecular complexity index is 648. The fraction of sp³-hybridized carbons (Fsp3) is 0.500. The first kappa shape index (κ1) is 16.2. The molecule has 124 valence electrons. The van der Waals surface area contributed by atoms with Crippen LogP contribution >= 0.6 is 11.3 Å². The summed E-state index contributed by atoms with van der Waals surface area (Å²) in [6.07, 6.45) is 0. The smallest absolute Gasteiger partial charge is 0.273 e. The summed E-state index contributed by atoms with van der Waals surface area (Å²) in [4.78, 5) is 20.0. The molecule has 1 N–H and O–H groups in total. The number of oxazole rings is 1. The summed E-state index contributed by atoms with van der Waals surface area (Å²) in [5.74, 6) is 0.864. The molecule has 0 radical (unpaired) electrons. The average molecular weight is 335 g/mol. The Morgan fingerprint density at radius 2 is 2.26 bits per heavy atom. The van der Waals surface area contributed by atoms with Crippen molar-refractivity contribution in [1.29, 1.82) is 0 Å². The number of carbonyl (C=O) groups excluding carboxylic acids is 1. The molecule has 1 saturated heterocycles. The van der Waals surface area contributed by atoms with Gasteiger partial charge in [-0.15, -0.1) is 11.3 Å². The molecule has 0 aromatic carbocycles. The lowest BCUT2D eigenvalue weighted by Crippen LogP contribution is -2.46. The van der Waals surface area contributed by atoms with E-state index in [1.807, 2.05) is 24.4 Å². The van der Waals surface area contributed by atoms with Gasteiger partial charge in [0.05, 0.1) is 18.1 Å². The molecule has 2 aromatic rings. The second kappa shape index (κ2) is 7.25. The summed E-state index contributed by atoms with van der Waals surface area (Å²) in [5.41, 5.74) is 0.363. The van der Waals surface area contributed by atoms with Crippen molar-refractivity contribution in [2.45, 2.75) is 19.9 Å². The molecule has 6 nitrogen and oxygen atoms in total. The van der Waals surface area contributed by atoms with Crippen molar-refractivity contribution >= 4 is 17.2 Å². The number of hydrogen-bond donors (Lipinski definition) is 1. The van der Waals surface area contributed by atoms with E-state index < -0.39 is 0 Å². The number of aryl methyl sites for hydroxylation is 1. The monoisotopic (exact) mass is 335 g/mol. The maximum Gasteiger partial charge on any atom is 0.273 e. The van der Waals surface area contributed by atoms with Crippen molar-refractivity contribution < 1.29 is 13.9 Å². The third-order valence-electron chi connectivity index (χ3n) is 3.76. The first-order valence-electron chi connectivity index (χ1n) is 7.76. The molecular weight excluding hydrogens is 314 g/mol. The predicted octanol–water partition coefficient (Wildman–Crippen LogP) is 2.16. The number of nitrogens with zero attached hydrogens (tertiary/aromatic N) is 2. The van der Waals surface area contributed by atoms with Crippen LogP contribution in [-0.2, 0) is 4.74 Å². The Kier molecular flexibility index (Phi) is 5.09. The van der Waals surface area contributed by atoms with Gasteiger partial charge in [-0.2, -0.15) is 0 Å². The number of rotatable bonds is 5. The third-order valence-corrected chi connectivity index (χ3v) is 4.61. The highest BCUT2D eigenvalue weighted by atomic mass is 32.1. The maximum atomic E-state index is 12.4. The van der Waals surface area contributed by atoms with Gasteiger partial charge in [0.2, 0.25) is 5.89 Å². The molecule has 3 rings (SSSR count). The van der Waals surface area contributed by atoms with Crippen molar-refractivity contribution in [3.8, 4) is 10.8 Å². The topological polar surface area (TPSA) is 67.6 Å². The number of aromatic nitrogens is 1. The largest absolute Gasteiger partial charge is 0.440 e. The molecule has 0 bridgehead atoms. The Morgan fingerprint density at radius 3 is 2.96 bits per heavy atom. The first-order chi connectivity index (χ1) is 11.1. The molecule has 1 aliphatic heterocycles. The van der Waals surface area contributed by atoms with Crippen molar-refractivity contribution in [2.24, 2.45) is 0 Å². The number of nitrogens with one attached hydrogen (secondary N) is 1. The van der Waals surface area contributed by atoms with Crippen molar-refractivity contribution in [3.63, 3.8) is 0 Å². The highest BCUT2D eigenvalue weighted by Crippen LogP contribution is 2.25. The van der Waals surface area contributed by atoms with Gasteiger partial charge in [0, 0.05) is 25.7 Å². The van der Waals surface area contributed by atoms with Crippen LogP contribution < -0.4 is 5.32 Å². The van der Waals surface area contributed by atoms with E-state index in [0.29, 0.717) is 17.3 Å². The molecule has 0 aliphatic carbocycles. The second-order valence-electron chi connectivity index (χ2n) is 5.69. The summed E-state index contributed by atoms with van der Waals surface area (Å²) in [7, 11) is 0. The van der Waals surface area contributed by atoms with E-state index in [1.165, 1.54) is 0 Å². The molecule has 3 heterocycles. The second-order valence-corrected chi connectivity index (χ2v) is 6.64. The summed E-state index contributed by atoms with van der Waals surface area (Å²) in [6, 6.07) is 3.91. The molecule has 1 fully saturated rings. The van der Waals surface area contributed by atoms with E-state index in [0.717, 1.165) is 37.7 Å². The Hall–Kier alpha value is -1.70. The van der Waals surface area contributed by atoms with Crippen LogP contribution in [0.15, 0.2) is 21.9 Å². The van der Waals surface area contributed by atoms with Crippen LogP contribution in [0.5, 0.6) is 0 Å². The summed E-state index contributed by atoms with van der Waals surface area (Å²) in [6.45, 7) is 7.91. The molecule has 1 unspecified atom stereocenters.